The van der Waals surface area contributed by atoms with Crippen molar-refractivity contribution < 1.29 is 14.3 Å². The van der Waals surface area contributed by atoms with Gasteiger partial charge in [-0.05, 0) is 75.3 Å². The Morgan fingerprint density at radius 3 is 2.56 bits per heavy atom. The van der Waals surface area contributed by atoms with Gasteiger partial charge >= 0.3 is 0 Å². The van der Waals surface area contributed by atoms with Crippen molar-refractivity contribution in [2.24, 2.45) is 11.7 Å². The number of carbonyl (C=O) groups is 2. The minimum Gasteiger partial charge on any atom is -0.496 e. The van der Waals surface area contributed by atoms with Crippen LogP contribution in [0, 0.1) is 19.8 Å². The van der Waals surface area contributed by atoms with Gasteiger partial charge in [0.1, 0.15) is 5.75 Å². The summed E-state index contributed by atoms with van der Waals surface area (Å²) < 4.78 is 5.51. The Morgan fingerprint density at radius 1 is 1.25 bits per heavy atom. The number of aromatic amines is 1. The van der Waals surface area contributed by atoms with Gasteiger partial charge in [-0.15, -0.1) is 0 Å². The van der Waals surface area contributed by atoms with E-state index in [2.05, 4.69) is 16.4 Å². The monoisotopic (exact) mass is 436 g/mol. The molecule has 0 unspecified atom stereocenters. The summed E-state index contributed by atoms with van der Waals surface area (Å²) in [6.45, 7) is 4.64. The number of nitrogens with zero attached hydrogens (tertiary/aromatic N) is 1. The van der Waals surface area contributed by atoms with Crippen molar-refractivity contribution >= 4 is 29.2 Å². The van der Waals surface area contributed by atoms with Crippen LogP contribution in [0.2, 0.25) is 0 Å². The van der Waals surface area contributed by atoms with E-state index >= 15 is 0 Å². The van der Waals surface area contributed by atoms with E-state index < -0.39 is 0 Å². The fourth-order valence-electron chi connectivity index (χ4n) is 4.85. The van der Waals surface area contributed by atoms with Crippen molar-refractivity contribution in [3.05, 3.63) is 46.3 Å². The van der Waals surface area contributed by atoms with Gasteiger partial charge in [0.25, 0.3) is 11.8 Å². The van der Waals surface area contributed by atoms with E-state index in [1.54, 1.807) is 13.1 Å². The summed E-state index contributed by atoms with van der Waals surface area (Å²) in [6.07, 6.45) is 5.89. The van der Waals surface area contributed by atoms with Gasteiger partial charge < -0.3 is 25.7 Å². The van der Waals surface area contributed by atoms with Gasteiger partial charge in [0, 0.05) is 36.6 Å². The molecule has 2 amide bonds. The van der Waals surface area contributed by atoms with E-state index in [9.17, 15) is 9.59 Å². The molecule has 7 heteroatoms. The Hall–Kier alpha value is -3.06. The Balaban J connectivity index is 1.80. The summed E-state index contributed by atoms with van der Waals surface area (Å²) in [5, 5.41) is 2.66. The predicted molar refractivity (Wildman–Crippen MR) is 127 cm³/mol. The van der Waals surface area contributed by atoms with Gasteiger partial charge in [0.15, 0.2) is 0 Å². The lowest BCUT2D eigenvalue weighted by atomic mass is 9.86. The van der Waals surface area contributed by atoms with Gasteiger partial charge in [-0.2, -0.15) is 0 Å². The molecule has 1 aromatic carbocycles. The van der Waals surface area contributed by atoms with Gasteiger partial charge in [-0.3, -0.25) is 9.59 Å². The number of hydrogen-bond donors (Lipinski definition) is 3. The van der Waals surface area contributed by atoms with E-state index in [4.69, 9.17) is 10.5 Å². The molecule has 1 fully saturated rings. The maximum atomic E-state index is 13.7. The number of methoxy groups -OCH3 is 1. The van der Waals surface area contributed by atoms with Gasteiger partial charge in [0.2, 0.25) is 0 Å². The van der Waals surface area contributed by atoms with Crippen molar-refractivity contribution in [2.45, 2.75) is 45.6 Å². The Bertz CT molecular complexity index is 1080. The van der Waals surface area contributed by atoms with Crippen LogP contribution in [0.15, 0.2) is 18.2 Å². The largest absolute Gasteiger partial charge is 0.496 e. The first-order valence-electron chi connectivity index (χ1n) is 11.2. The van der Waals surface area contributed by atoms with Crippen LogP contribution in [0.1, 0.15) is 58.6 Å². The molecular weight excluding hydrogens is 404 g/mol. The van der Waals surface area contributed by atoms with Crippen molar-refractivity contribution in [3.8, 4) is 5.75 Å². The number of nitrogens with two attached hydrogens (primary N) is 1. The second-order valence-corrected chi connectivity index (χ2v) is 8.95. The first-order chi connectivity index (χ1) is 15.3. The zero-order valence-electron chi connectivity index (χ0n) is 19.2. The molecule has 0 saturated heterocycles. The molecule has 0 bridgehead atoms. The van der Waals surface area contributed by atoms with E-state index in [0.29, 0.717) is 29.3 Å². The third kappa shape index (κ3) is 4.05. The molecule has 0 atom stereocenters. The normalized spacial score (nSPS) is 21.7. The number of fused-ring (bicyclic) bond motifs is 1. The molecule has 1 saturated carbocycles. The number of carbonyl (C=O) groups excluding carboxylic acids is 2. The Kier molecular flexibility index (Phi) is 6.11. The Labute approximate surface area is 189 Å². The third-order valence-electron chi connectivity index (χ3n) is 6.66. The molecule has 2 aliphatic rings. The molecule has 2 heterocycles. The molecule has 4 rings (SSSR count). The van der Waals surface area contributed by atoms with Crippen LogP contribution in [0.4, 0.5) is 5.69 Å². The number of rotatable bonds is 5. The quantitative estimate of drug-likeness (QED) is 0.626. The average Bonchev–Trinajstić information content (AvgIpc) is 3.23. The number of amides is 2. The molecule has 0 spiro atoms. The van der Waals surface area contributed by atoms with Crippen LogP contribution in [0.5, 0.6) is 5.75 Å². The summed E-state index contributed by atoms with van der Waals surface area (Å²) in [7, 11) is 3.13. The first kappa shape index (κ1) is 22.1. The standard InChI is InChI=1S/C25H32N4O3/c1-14-9-15(2)28-21(14)10-19-18-12-23(32-4)20(24(30)27-3)11-22(18)29(25(19)31)13-16-5-7-17(26)8-6-16/h9-12,16-17,28H,5-8,13,26H2,1-4H3,(H,27,30)/b19-10-. The highest BCUT2D eigenvalue weighted by Crippen LogP contribution is 2.43. The smallest absolute Gasteiger partial charge is 0.259 e. The van der Waals surface area contributed by atoms with Gasteiger partial charge in [-0.1, -0.05) is 0 Å². The maximum absolute atomic E-state index is 13.7. The van der Waals surface area contributed by atoms with Gasteiger partial charge in [0.05, 0.1) is 23.9 Å². The van der Waals surface area contributed by atoms with E-state index in [0.717, 1.165) is 53.9 Å². The van der Waals surface area contributed by atoms with Crippen molar-refractivity contribution in [3.63, 3.8) is 0 Å². The predicted octanol–water partition coefficient (Wildman–Crippen LogP) is 3.40. The summed E-state index contributed by atoms with van der Waals surface area (Å²) >= 11 is 0. The number of nitrogens with one attached hydrogen (secondary N) is 2. The van der Waals surface area contributed by atoms with Crippen LogP contribution in [0.25, 0.3) is 11.6 Å². The Morgan fingerprint density at radius 2 is 1.97 bits per heavy atom. The number of ether oxygens (including phenoxy) is 1. The molecule has 1 aliphatic heterocycles. The summed E-state index contributed by atoms with van der Waals surface area (Å²) in [5.41, 5.74) is 11.7. The van der Waals surface area contributed by atoms with Crippen LogP contribution >= 0.6 is 0 Å². The number of anilines is 1. The highest BCUT2D eigenvalue weighted by atomic mass is 16.5. The molecule has 170 valence electrons. The third-order valence-corrected chi connectivity index (χ3v) is 6.66. The number of aromatic nitrogens is 1. The second kappa shape index (κ2) is 8.82. The van der Waals surface area contributed by atoms with Crippen molar-refractivity contribution in [1.82, 2.24) is 10.3 Å². The lowest BCUT2D eigenvalue weighted by Crippen LogP contribution is -2.36. The molecular formula is C25H32N4O3. The van der Waals surface area contributed by atoms with Crippen molar-refractivity contribution in [1.29, 1.82) is 0 Å². The topological polar surface area (TPSA) is 100 Å². The molecule has 7 nitrogen and oxygen atoms in total. The molecule has 32 heavy (non-hydrogen) atoms. The number of benzene rings is 1. The second-order valence-electron chi connectivity index (χ2n) is 8.95. The van der Waals surface area contributed by atoms with E-state index in [-0.39, 0.29) is 17.9 Å². The van der Waals surface area contributed by atoms with Crippen molar-refractivity contribution in [2.75, 3.05) is 25.6 Å². The lowest BCUT2D eigenvalue weighted by molar-refractivity contribution is -0.113. The minimum absolute atomic E-state index is 0.0439. The molecule has 1 aliphatic carbocycles. The fourth-order valence-corrected chi connectivity index (χ4v) is 4.85. The maximum Gasteiger partial charge on any atom is 0.259 e. The summed E-state index contributed by atoms with van der Waals surface area (Å²) in [4.78, 5) is 31.3. The number of H-pyrrole nitrogens is 1. The summed E-state index contributed by atoms with van der Waals surface area (Å²) in [6, 6.07) is 5.91. The van der Waals surface area contributed by atoms with Crippen LogP contribution < -0.4 is 20.7 Å². The van der Waals surface area contributed by atoms with E-state index in [1.807, 2.05) is 30.9 Å². The van der Waals surface area contributed by atoms with Crippen LogP contribution in [-0.4, -0.2) is 43.5 Å². The molecule has 0 radical (unpaired) electrons. The SMILES string of the molecule is CNC(=O)c1cc2c(cc1OC)/C(=C/c1[nH]c(C)cc1C)C(=O)N2CC1CCC(N)CC1. The van der Waals surface area contributed by atoms with E-state index in [1.165, 1.54) is 7.11 Å². The number of aryl methyl sites for hydroxylation is 2. The molecule has 4 N–H and O–H groups in total. The van der Waals surface area contributed by atoms with Crippen LogP contribution in [-0.2, 0) is 4.79 Å². The minimum atomic E-state index is -0.242. The van der Waals surface area contributed by atoms with Crippen LogP contribution in [0.3, 0.4) is 0 Å². The summed E-state index contributed by atoms with van der Waals surface area (Å²) in [5.74, 6) is 0.559. The highest BCUT2D eigenvalue weighted by Gasteiger charge is 2.36. The first-order valence-corrected chi connectivity index (χ1v) is 11.2. The lowest BCUT2D eigenvalue weighted by Gasteiger charge is -2.30. The number of hydrogen-bond acceptors (Lipinski definition) is 4. The molecule has 1 aromatic heterocycles. The molecule has 2 aromatic rings. The highest BCUT2D eigenvalue weighted by molar-refractivity contribution is 6.36. The zero-order valence-corrected chi connectivity index (χ0v) is 19.2. The fraction of sp³-hybridized carbons (Fsp3) is 0.440. The average molecular weight is 437 g/mol. The zero-order chi connectivity index (χ0) is 23.0. The van der Waals surface area contributed by atoms with Gasteiger partial charge in [-0.25, -0.2) is 0 Å².